The van der Waals surface area contributed by atoms with Crippen molar-refractivity contribution in [3.8, 4) is 11.5 Å². The van der Waals surface area contributed by atoms with Crippen LogP contribution in [0, 0.1) is 0 Å². The van der Waals surface area contributed by atoms with Gasteiger partial charge in [0.15, 0.2) is 11.5 Å². The van der Waals surface area contributed by atoms with Crippen LogP contribution in [0.3, 0.4) is 0 Å². The summed E-state index contributed by atoms with van der Waals surface area (Å²) in [5, 5.41) is 5.45. The van der Waals surface area contributed by atoms with Crippen molar-refractivity contribution in [2.45, 2.75) is 6.54 Å². The van der Waals surface area contributed by atoms with E-state index in [1.807, 2.05) is 23.9 Å². The van der Waals surface area contributed by atoms with E-state index in [4.69, 9.17) is 9.47 Å². The van der Waals surface area contributed by atoms with Crippen LogP contribution in [-0.4, -0.2) is 57.2 Å². The van der Waals surface area contributed by atoms with E-state index in [-0.39, 0.29) is 18.4 Å². The predicted octanol–water partition coefficient (Wildman–Crippen LogP) is 2.30. The maximum Gasteiger partial charge on any atom is 0.251 e. The second-order valence-corrected chi connectivity index (χ2v) is 8.02. The van der Waals surface area contributed by atoms with Crippen LogP contribution in [0.5, 0.6) is 11.5 Å². The lowest BCUT2D eigenvalue weighted by atomic mass is 10.2. The Morgan fingerprint density at radius 1 is 0.967 bits per heavy atom. The van der Waals surface area contributed by atoms with Gasteiger partial charge < -0.3 is 25.0 Å². The van der Waals surface area contributed by atoms with Gasteiger partial charge in [-0.15, -0.1) is 0 Å². The molecule has 1 fully saturated rings. The molecule has 3 rings (SSSR count). The third-order valence-corrected chi connectivity index (χ3v) is 5.80. The first-order valence-electron chi connectivity index (χ1n) is 9.79. The van der Waals surface area contributed by atoms with Crippen molar-refractivity contribution in [1.29, 1.82) is 0 Å². The number of nitrogens with one attached hydrogen (secondary N) is 2. The molecule has 2 aromatic rings. The van der Waals surface area contributed by atoms with Crippen molar-refractivity contribution in [3.63, 3.8) is 0 Å². The summed E-state index contributed by atoms with van der Waals surface area (Å²) in [6.45, 7) is 2.46. The number of amides is 2. The first kappa shape index (κ1) is 21.8. The topological polar surface area (TPSA) is 79.9 Å². The molecule has 1 aliphatic rings. The number of hydrogen-bond acceptors (Lipinski definition) is 6. The van der Waals surface area contributed by atoms with Gasteiger partial charge in [0.2, 0.25) is 5.91 Å². The largest absolute Gasteiger partial charge is 0.493 e. The molecule has 0 bridgehead atoms. The van der Waals surface area contributed by atoms with E-state index in [1.54, 1.807) is 18.2 Å². The van der Waals surface area contributed by atoms with Gasteiger partial charge in [-0.1, -0.05) is 12.1 Å². The number of anilines is 1. The van der Waals surface area contributed by atoms with E-state index in [2.05, 4.69) is 27.7 Å². The average molecular weight is 430 g/mol. The number of rotatable bonds is 8. The molecule has 2 amide bonds. The zero-order valence-electron chi connectivity index (χ0n) is 17.3. The van der Waals surface area contributed by atoms with E-state index in [0.717, 1.165) is 30.2 Å². The van der Waals surface area contributed by atoms with Gasteiger partial charge in [-0.05, 0) is 35.9 Å². The van der Waals surface area contributed by atoms with Crippen LogP contribution in [0.15, 0.2) is 42.5 Å². The van der Waals surface area contributed by atoms with Crippen LogP contribution >= 0.6 is 11.8 Å². The lowest BCUT2D eigenvalue weighted by Gasteiger charge is -2.28. The molecule has 1 aliphatic heterocycles. The van der Waals surface area contributed by atoms with Crippen LogP contribution in [0.2, 0.25) is 0 Å². The number of hydrogen-bond donors (Lipinski definition) is 2. The maximum atomic E-state index is 12.3. The molecule has 1 saturated heterocycles. The Bertz CT molecular complexity index is 867. The monoisotopic (exact) mass is 429 g/mol. The smallest absolute Gasteiger partial charge is 0.251 e. The molecule has 0 spiro atoms. The fourth-order valence-corrected chi connectivity index (χ4v) is 4.05. The fraction of sp³-hybridized carbons (Fsp3) is 0.364. The van der Waals surface area contributed by atoms with Crippen LogP contribution in [0.1, 0.15) is 15.9 Å². The molecule has 0 aromatic heterocycles. The van der Waals surface area contributed by atoms with Gasteiger partial charge in [-0.25, -0.2) is 0 Å². The highest BCUT2D eigenvalue weighted by Gasteiger charge is 2.13. The Kier molecular flexibility index (Phi) is 7.84. The summed E-state index contributed by atoms with van der Waals surface area (Å²) in [6.07, 6.45) is 0. The van der Waals surface area contributed by atoms with Gasteiger partial charge in [0.25, 0.3) is 5.91 Å². The van der Waals surface area contributed by atoms with Crippen molar-refractivity contribution >= 4 is 29.3 Å². The van der Waals surface area contributed by atoms with E-state index < -0.39 is 0 Å². The van der Waals surface area contributed by atoms with Crippen molar-refractivity contribution in [2.75, 3.05) is 50.3 Å². The summed E-state index contributed by atoms with van der Waals surface area (Å²) >= 11 is 1.99. The number of benzene rings is 2. The van der Waals surface area contributed by atoms with Crippen LogP contribution in [-0.2, 0) is 11.3 Å². The lowest BCUT2D eigenvalue weighted by molar-refractivity contribution is -0.120. The minimum absolute atomic E-state index is 0.100. The number of methoxy groups -OCH3 is 2. The van der Waals surface area contributed by atoms with Crippen molar-refractivity contribution < 1.29 is 19.1 Å². The summed E-state index contributed by atoms with van der Waals surface area (Å²) in [5.41, 5.74) is 2.63. The molecule has 30 heavy (non-hydrogen) atoms. The van der Waals surface area contributed by atoms with Crippen LogP contribution in [0.25, 0.3) is 0 Å². The number of ether oxygens (including phenoxy) is 2. The van der Waals surface area contributed by atoms with Gasteiger partial charge in [-0.3, -0.25) is 9.59 Å². The molecule has 0 saturated carbocycles. The van der Waals surface area contributed by atoms with Crippen LogP contribution < -0.4 is 25.0 Å². The molecule has 8 heteroatoms. The van der Waals surface area contributed by atoms with Gasteiger partial charge >= 0.3 is 0 Å². The normalized spacial score (nSPS) is 13.5. The molecule has 0 radical (unpaired) electrons. The Morgan fingerprint density at radius 2 is 1.67 bits per heavy atom. The van der Waals surface area contributed by atoms with E-state index >= 15 is 0 Å². The highest BCUT2D eigenvalue weighted by atomic mass is 32.2. The Balaban J connectivity index is 1.45. The second-order valence-electron chi connectivity index (χ2n) is 6.80. The van der Waals surface area contributed by atoms with Gasteiger partial charge in [0, 0.05) is 42.4 Å². The van der Waals surface area contributed by atoms with Gasteiger partial charge in [0.05, 0.1) is 20.8 Å². The Hall–Kier alpha value is -2.87. The molecule has 0 aliphatic carbocycles. The van der Waals surface area contributed by atoms with Crippen LogP contribution in [0.4, 0.5) is 5.69 Å². The quantitative estimate of drug-likeness (QED) is 0.670. The summed E-state index contributed by atoms with van der Waals surface area (Å²) in [7, 11) is 3.04. The van der Waals surface area contributed by atoms with E-state index in [9.17, 15) is 9.59 Å². The van der Waals surface area contributed by atoms with Gasteiger partial charge in [-0.2, -0.15) is 11.8 Å². The molecular formula is C22H27N3O4S. The average Bonchev–Trinajstić information content (AvgIpc) is 2.81. The highest BCUT2D eigenvalue weighted by molar-refractivity contribution is 7.99. The van der Waals surface area contributed by atoms with Crippen molar-refractivity contribution in [1.82, 2.24) is 10.6 Å². The predicted molar refractivity (Wildman–Crippen MR) is 120 cm³/mol. The molecule has 0 unspecified atom stereocenters. The van der Waals surface area contributed by atoms with E-state index in [1.165, 1.54) is 19.9 Å². The minimum atomic E-state index is -0.352. The standard InChI is InChI=1S/C22H27N3O4S/c1-28-19-8-5-17(13-20(19)29-2)22(27)24-15-21(26)23-14-16-3-6-18(7-4-16)25-9-11-30-12-10-25/h3-8,13H,9-12,14-15H2,1-2H3,(H,23,26)(H,24,27). The lowest BCUT2D eigenvalue weighted by Crippen LogP contribution is -2.36. The number of carbonyl (C=O) groups excluding carboxylic acids is 2. The number of thioether (sulfide) groups is 1. The SMILES string of the molecule is COc1ccc(C(=O)NCC(=O)NCc2ccc(N3CCSCC3)cc2)cc1OC. The summed E-state index contributed by atoms with van der Waals surface area (Å²) in [6, 6.07) is 13.1. The minimum Gasteiger partial charge on any atom is -0.493 e. The zero-order valence-corrected chi connectivity index (χ0v) is 18.1. The van der Waals surface area contributed by atoms with E-state index in [0.29, 0.717) is 23.6 Å². The van der Waals surface area contributed by atoms with Crippen molar-refractivity contribution in [2.24, 2.45) is 0 Å². The molecule has 160 valence electrons. The summed E-state index contributed by atoms with van der Waals surface area (Å²) in [4.78, 5) is 26.8. The molecule has 0 atom stereocenters. The van der Waals surface area contributed by atoms with Gasteiger partial charge in [0.1, 0.15) is 0 Å². The number of nitrogens with zero attached hydrogens (tertiary/aromatic N) is 1. The molecule has 2 N–H and O–H groups in total. The third-order valence-electron chi connectivity index (χ3n) is 4.86. The fourth-order valence-electron chi connectivity index (χ4n) is 3.15. The first-order chi connectivity index (χ1) is 14.6. The zero-order chi connectivity index (χ0) is 21.3. The Morgan fingerprint density at radius 3 is 2.33 bits per heavy atom. The van der Waals surface area contributed by atoms with Crippen molar-refractivity contribution in [3.05, 3.63) is 53.6 Å². The first-order valence-corrected chi connectivity index (χ1v) is 10.9. The second kappa shape index (κ2) is 10.8. The molecular weight excluding hydrogens is 402 g/mol. The highest BCUT2D eigenvalue weighted by Crippen LogP contribution is 2.27. The molecule has 2 aromatic carbocycles. The summed E-state index contributed by atoms with van der Waals surface area (Å²) in [5.74, 6) is 2.72. The summed E-state index contributed by atoms with van der Waals surface area (Å²) < 4.78 is 10.4. The third kappa shape index (κ3) is 5.82. The molecule has 7 nitrogen and oxygen atoms in total. The molecule has 1 heterocycles. The number of carbonyl (C=O) groups is 2. The maximum absolute atomic E-state index is 12.3. The Labute approximate surface area is 181 Å².